The highest BCUT2D eigenvalue weighted by Gasteiger charge is 2.19. The van der Waals surface area contributed by atoms with E-state index in [9.17, 15) is 5.11 Å². The largest absolute Gasteiger partial charge is 0.393 e. The number of aromatic nitrogens is 3. The average Bonchev–Trinajstić information content (AvgIpc) is 2.83. The van der Waals surface area contributed by atoms with E-state index in [1.165, 1.54) is 5.56 Å². The van der Waals surface area contributed by atoms with Crippen LogP contribution in [-0.4, -0.2) is 44.0 Å². The Morgan fingerprint density at radius 2 is 1.95 bits per heavy atom. The molecule has 0 atom stereocenters. The van der Waals surface area contributed by atoms with Crippen molar-refractivity contribution in [1.82, 2.24) is 19.7 Å². The van der Waals surface area contributed by atoms with E-state index in [1.807, 2.05) is 23.9 Å². The predicted molar refractivity (Wildman–Crippen MR) is 77.0 cm³/mol. The average molecular weight is 272 g/mol. The van der Waals surface area contributed by atoms with Crippen molar-refractivity contribution in [2.75, 3.05) is 13.1 Å². The second-order valence-corrected chi connectivity index (χ2v) is 5.42. The van der Waals surface area contributed by atoms with Crippen molar-refractivity contribution in [1.29, 1.82) is 0 Å². The predicted octanol–water partition coefficient (Wildman–Crippen LogP) is 1.44. The summed E-state index contributed by atoms with van der Waals surface area (Å²) in [5.41, 5.74) is 3.36. The van der Waals surface area contributed by atoms with E-state index in [4.69, 9.17) is 0 Å². The first-order valence-corrected chi connectivity index (χ1v) is 7.06. The van der Waals surface area contributed by atoms with Crippen LogP contribution in [0.15, 0.2) is 30.7 Å². The molecule has 0 saturated carbocycles. The summed E-state index contributed by atoms with van der Waals surface area (Å²) < 4.78 is 1.86. The van der Waals surface area contributed by atoms with Crippen LogP contribution in [-0.2, 0) is 13.6 Å². The Morgan fingerprint density at radius 1 is 1.25 bits per heavy atom. The minimum Gasteiger partial charge on any atom is -0.393 e. The van der Waals surface area contributed by atoms with Gasteiger partial charge in [0, 0.05) is 56.4 Å². The van der Waals surface area contributed by atoms with E-state index in [1.54, 1.807) is 12.4 Å². The van der Waals surface area contributed by atoms with Crippen LogP contribution < -0.4 is 0 Å². The molecule has 0 aromatic carbocycles. The third-order valence-electron chi connectivity index (χ3n) is 3.81. The highest BCUT2D eigenvalue weighted by Crippen LogP contribution is 2.23. The van der Waals surface area contributed by atoms with Gasteiger partial charge in [-0.1, -0.05) is 0 Å². The van der Waals surface area contributed by atoms with Crippen molar-refractivity contribution in [3.05, 3.63) is 36.3 Å². The molecule has 5 heteroatoms. The lowest BCUT2D eigenvalue weighted by molar-refractivity contribution is 0.0793. The van der Waals surface area contributed by atoms with E-state index < -0.39 is 0 Å². The van der Waals surface area contributed by atoms with Crippen LogP contribution in [0.2, 0.25) is 0 Å². The van der Waals surface area contributed by atoms with E-state index in [2.05, 4.69) is 21.2 Å². The van der Waals surface area contributed by atoms with Gasteiger partial charge in [0.1, 0.15) is 0 Å². The van der Waals surface area contributed by atoms with E-state index in [0.29, 0.717) is 0 Å². The number of aliphatic hydroxyl groups excluding tert-OH is 1. The fourth-order valence-electron chi connectivity index (χ4n) is 2.72. The first-order chi connectivity index (χ1) is 9.72. The molecule has 5 nitrogen and oxygen atoms in total. The van der Waals surface area contributed by atoms with Crippen LogP contribution in [0, 0.1) is 0 Å². The maximum atomic E-state index is 9.58. The normalized spacial score (nSPS) is 17.5. The summed E-state index contributed by atoms with van der Waals surface area (Å²) in [7, 11) is 1.95. The summed E-state index contributed by atoms with van der Waals surface area (Å²) in [6.07, 6.45) is 7.28. The Morgan fingerprint density at radius 3 is 2.65 bits per heavy atom. The summed E-state index contributed by atoms with van der Waals surface area (Å²) in [5, 5.41) is 14.2. The molecule has 2 aromatic rings. The van der Waals surface area contributed by atoms with E-state index in [0.717, 1.165) is 43.7 Å². The van der Waals surface area contributed by atoms with Gasteiger partial charge in [0.2, 0.25) is 0 Å². The van der Waals surface area contributed by atoms with Crippen LogP contribution in [0.3, 0.4) is 0 Å². The SMILES string of the molecule is Cn1cc(CN2CCC(O)CC2)c(-c2ccncc2)n1. The van der Waals surface area contributed by atoms with Crippen molar-refractivity contribution < 1.29 is 5.11 Å². The van der Waals surface area contributed by atoms with Crippen molar-refractivity contribution in [3.63, 3.8) is 0 Å². The van der Waals surface area contributed by atoms with E-state index >= 15 is 0 Å². The molecule has 2 aromatic heterocycles. The molecule has 0 aliphatic carbocycles. The first kappa shape index (κ1) is 13.3. The fourth-order valence-corrected chi connectivity index (χ4v) is 2.72. The molecule has 106 valence electrons. The van der Waals surface area contributed by atoms with Gasteiger partial charge in [-0.15, -0.1) is 0 Å². The van der Waals surface area contributed by atoms with Crippen molar-refractivity contribution >= 4 is 0 Å². The van der Waals surface area contributed by atoms with Crippen LogP contribution in [0.5, 0.6) is 0 Å². The van der Waals surface area contributed by atoms with Crippen LogP contribution in [0.4, 0.5) is 0 Å². The molecule has 1 aliphatic rings. The topological polar surface area (TPSA) is 54.2 Å². The fraction of sp³-hybridized carbons (Fsp3) is 0.467. The number of aryl methyl sites for hydroxylation is 1. The minimum atomic E-state index is -0.125. The standard InChI is InChI=1S/C15H20N4O/c1-18-10-13(11-19-8-4-14(20)5-9-19)15(17-18)12-2-6-16-7-3-12/h2-3,6-7,10,14,20H,4-5,8-9,11H2,1H3. The molecule has 1 N–H and O–H groups in total. The van der Waals surface area contributed by atoms with Crippen LogP contribution in [0.25, 0.3) is 11.3 Å². The van der Waals surface area contributed by atoms with E-state index in [-0.39, 0.29) is 6.10 Å². The van der Waals surface area contributed by atoms with Crippen LogP contribution >= 0.6 is 0 Å². The molecular formula is C15H20N4O. The van der Waals surface area contributed by atoms with Gasteiger partial charge in [-0.3, -0.25) is 14.6 Å². The summed E-state index contributed by atoms with van der Waals surface area (Å²) in [5.74, 6) is 0. The zero-order valence-corrected chi connectivity index (χ0v) is 11.7. The second kappa shape index (κ2) is 5.73. The highest BCUT2D eigenvalue weighted by molar-refractivity contribution is 5.61. The number of hydrogen-bond acceptors (Lipinski definition) is 4. The molecule has 1 fully saturated rings. The lowest BCUT2D eigenvalue weighted by Gasteiger charge is -2.29. The van der Waals surface area contributed by atoms with Gasteiger partial charge in [-0.2, -0.15) is 5.10 Å². The Balaban J connectivity index is 1.80. The van der Waals surface area contributed by atoms with Gasteiger partial charge in [-0.25, -0.2) is 0 Å². The third kappa shape index (κ3) is 2.89. The number of likely N-dealkylation sites (tertiary alicyclic amines) is 1. The molecule has 0 unspecified atom stereocenters. The number of hydrogen-bond donors (Lipinski definition) is 1. The van der Waals surface area contributed by atoms with Gasteiger partial charge in [-0.05, 0) is 25.0 Å². The molecule has 0 amide bonds. The zero-order valence-electron chi connectivity index (χ0n) is 11.7. The molecule has 3 heterocycles. The number of pyridine rings is 1. The maximum Gasteiger partial charge on any atom is 0.0969 e. The zero-order chi connectivity index (χ0) is 13.9. The first-order valence-electron chi connectivity index (χ1n) is 7.06. The monoisotopic (exact) mass is 272 g/mol. The number of piperidine rings is 1. The summed E-state index contributed by atoms with van der Waals surface area (Å²) in [6.45, 7) is 2.79. The maximum absolute atomic E-state index is 9.58. The lowest BCUT2D eigenvalue weighted by atomic mass is 10.1. The van der Waals surface area contributed by atoms with Gasteiger partial charge < -0.3 is 5.11 Å². The second-order valence-electron chi connectivity index (χ2n) is 5.42. The summed E-state index contributed by atoms with van der Waals surface area (Å²) in [6, 6.07) is 3.98. The molecule has 0 bridgehead atoms. The molecule has 0 radical (unpaired) electrons. The van der Waals surface area contributed by atoms with Crippen molar-refractivity contribution in [2.45, 2.75) is 25.5 Å². The Kier molecular flexibility index (Phi) is 3.80. The van der Waals surface area contributed by atoms with Crippen LogP contribution in [0.1, 0.15) is 18.4 Å². The molecule has 1 aliphatic heterocycles. The van der Waals surface area contributed by atoms with Gasteiger partial charge >= 0.3 is 0 Å². The highest BCUT2D eigenvalue weighted by atomic mass is 16.3. The third-order valence-corrected chi connectivity index (χ3v) is 3.81. The number of aliphatic hydroxyl groups is 1. The Bertz CT molecular complexity index is 559. The number of rotatable bonds is 3. The summed E-state index contributed by atoms with van der Waals surface area (Å²) >= 11 is 0. The molecule has 0 spiro atoms. The summed E-state index contributed by atoms with van der Waals surface area (Å²) in [4.78, 5) is 6.44. The Labute approximate surface area is 118 Å². The number of nitrogens with zero attached hydrogens (tertiary/aromatic N) is 4. The minimum absolute atomic E-state index is 0.125. The molecule has 1 saturated heterocycles. The lowest BCUT2D eigenvalue weighted by Crippen LogP contribution is -2.35. The van der Waals surface area contributed by atoms with Crippen molar-refractivity contribution in [2.24, 2.45) is 7.05 Å². The molecular weight excluding hydrogens is 252 g/mol. The van der Waals surface area contributed by atoms with Gasteiger partial charge in [0.05, 0.1) is 11.8 Å². The smallest absolute Gasteiger partial charge is 0.0969 e. The van der Waals surface area contributed by atoms with Gasteiger partial charge in [0.25, 0.3) is 0 Å². The quantitative estimate of drug-likeness (QED) is 0.918. The Hall–Kier alpha value is -1.72. The molecule has 20 heavy (non-hydrogen) atoms. The van der Waals surface area contributed by atoms with Crippen molar-refractivity contribution in [3.8, 4) is 11.3 Å². The molecule has 3 rings (SSSR count). The van der Waals surface area contributed by atoms with Gasteiger partial charge in [0.15, 0.2) is 0 Å².